The number of imidazole rings is 1. The van der Waals surface area contributed by atoms with Crippen LogP contribution in [-0.2, 0) is 33.1 Å². The standard InChI is InChI=1S/C21H30N6O3S.C2HF3O2/c1-25-15-19(24-16-25)31(29,30)27(3)13-4-5-20(28)26(2)14-10-17-6-8-18(9-7-17)21-22-11-12-23-21;3-2(4,5)1(6)7/h6-9,15-16H,4-5,10-14H2,1-3H3,(H,22,23);(H,6,7). The molecule has 0 aliphatic carbocycles. The van der Waals surface area contributed by atoms with E-state index in [1.54, 1.807) is 23.6 Å². The van der Waals surface area contributed by atoms with E-state index in [-0.39, 0.29) is 17.5 Å². The molecular weight excluding hydrogens is 529 g/mol. The number of carbonyl (C=O) groups is 2. The van der Waals surface area contributed by atoms with E-state index in [4.69, 9.17) is 9.90 Å². The van der Waals surface area contributed by atoms with E-state index in [1.165, 1.54) is 23.9 Å². The quantitative estimate of drug-likeness (QED) is 0.449. The van der Waals surface area contributed by atoms with E-state index in [0.29, 0.717) is 19.4 Å². The average molecular weight is 561 g/mol. The number of aromatic nitrogens is 2. The van der Waals surface area contributed by atoms with E-state index in [0.717, 1.165) is 36.5 Å². The summed E-state index contributed by atoms with van der Waals surface area (Å²) < 4.78 is 59.5. The number of carbonyl (C=O) groups excluding carboxylic acids is 1. The lowest BCUT2D eigenvalue weighted by Gasteiger charge is -2.19. The van der Waals surface area contributed by atoms with Crippen molar-refractivity contribution >= 4 is 27.7 Å². The zero-order valence-electron chi connectivity index (χ0n) is 21.3. The Hall–Kier alpha value is -3.46. The van der Waals surface area contributed by atoms with Gasteiger partial charge in [-0.15, -0.1) is 0 Å². The van der Waals surface area contributed by atoms with Gasteiger partial charge >= 0.3 is 12.1 Å². The maximum Gasteiger partial charge on any atom is 0.490 e. The highest BCUT2D eigenvalue weighted by Crippen LogP contribution is 2.14. The number of amidine groups is 1. The monoisotopic (exact) mass is 560 g/mol. The van der Waals surface area contributed by atoms with Crippen LogP contribution in [0.25, 0.3) is 0 Å². The Balaban J connectivity index is 0.000000638. The van der Waals surface area contributed by atoms with Gasteiger partial charge in [-0.25, -0.2) is 18.2 Å². The molecule has 0 saturated heterocycles. The van der Waals surface area contributed by atoms with Crippen molar-refractivity contribution in [2.45, 2.75) is 30.5 Å². The van der Waals surface area contributed by atoms with E-state index in [2.05, 4.69) is 27.4 Å². The van der Waals surface area contributed by atoms with Crippen molar-refractivity contribution < 1.29 is 36.3 Å². The number of sulfonamides is 1. The van der Waals surface area contributed by atoms with E-state index >= 15 is 0 Å². The Kier molecular flexibility index (Phi) is 10.8. The third-order valence-electron chi connectivity index (χ3n) is 5.53. The highest BCUT2D eigenvalue weighted by atomic mass is 32.2. The number of carboxylic acid groups (broad SMARTS) is 1. The second-order valence-corrected chi connectivity index (χ2v) is 10.5. The van der Waals surface area contributed by atoms with Gasteiger partial charge in [0.25, 0.3) is 10.0 Å². The number of likely N-dealkylation sites (N-methyl/N-ethyl adjacent to an activating group) is 1. The maximum absolute atomic E-state index is 12.5. The Morgan fingerprint density at radius 2 is 1.79 bits per heavy atom. The Bertz CT molecular complexity index is 1230. The normalized spacial score (nSPS) is 13.4. The molecule has 0 unspecified atom stereocenters. The van der Waals surface area contributed by atoms with E-state index in [1.807, 2.05) is 12.1 Å². The lowest BCUT2D eigenvalue weighted by atomic mass is 10.1. The van der Waals surface area contributed by atoms with Gasteiger partial charge < -0.3 is 19.9 Å². The minimum atomic E-state index is -5.08. The first-order valence-corrected chi connectivity index (χ1v) is 13.0. The number of rotatable bonds is 10. The number of benzene rings is 1. The van der Waals surface area contributed by atoms with Gasteiger partial charge in [-0.1, -0.05) is 24.3 Å². The molecule has 15 heteroatoms. The molecule has 0 atom stereocenters. The Labute approximate surface area is 219 Å². The number of nitrogens with one attached hydrogen (secondary N) is 1. The van der Waals surface area contributed by atoms with Crippen LogP contribution >= 0.6 is 0 Å². The van der Waals surface area contributed by atoms with Crippen molar-refractivity contribution in [1.29, 1.82) is 0 Å². The number of nitrogens with zero attached hydrogens (tertiary/aromatic N) is 5. The number of alkyl halides is 3. The Morgan fingerprint density at radius 3 is 2.29 bits per heavy atom. The van der Waals surface area contributed by atoms with Gasteiger partial charge in [0.15, 0.2) is 5.03 Å². The molecule has 0 spiro atoms. The maximum atomic E-state index is 12.5. The summed E-state index contributed by atoms with van der Waals surface area (Å²) in [7, 11) is 1.38. The minimum Gasteiger partial charge on any atom is -0.475 e. The molecule has 210 valence electrons. The van der Waals surface area contributed by atoms with Crippen molar-refractivity contribution in [3.63, 3.8) is 0 Å². The largest absolute Gasteiger partial charge is 0.490 e. The lowest BCUT2D eigenvalue weighted by Crippen LogP contribution is -2.31. The van der Waals surface area contributed by atoms with Crippen LogP contribution in [0.15, 0.2) is 46.8 Å². The van der Waals surface area contributed by atoms with Crippen molar-refractivity contribution in [2.24, 2.45) is 12.0 Å². The fourth-order valence-electron chi connectivity index (χ4n) is 3.29. The summed E-state index contributed by atoms with van der Waals surface area (Å²) in [6.07, 6.45) is -0.656. The first-order valence-electron chi connectivity index (χ1n) is 11.6. The molecule has 0 bridgehead atoms. The van der Waals surface area contributed by atoms with Crippen LogP contribution in [0.4, 0.5) is 13.2 Å². The fourth-order valence-corrected chi connectivity index (χ4v) is 4.46. The number of aliphatic carboxylic acids is 1. The van der Waals surface area contributed by atoms with Gasteiger partial charge in [0.2, 0.25) is 5.91 Å². The molecule has 3 rings (SSSR count). The molecule has 2 N–H and O–H groups in total. The molecule has 1 aromatic carbocycles. The predicted molar refractivity (Wildman–Crippen MR) is 133 cm³/mol. The summed E-state index contributed by atoms with van der Waals surface area (Å²) in [4.78, 5) is 31.3. The van der Waals surface area contributed by atoms with Crippen LogP contribution in [0, 0.1) is 0 Å². The van der Waals surface area contributed by atoms with Crippen molar-refractivity contribution in [1.82, 2.24) is 24.1 Å². The number of hydrogen-bond donors (Lipinski definition) is 2. The summed E-state index contributed by atoms with van der Waals surface area (Å²) in [5.74, 6) is -1.81. The summed E-state index contributed by atoms with van der Waals surface area (Å²) in [5, 5.41) is 10.4. The first-order chi connectivity index (χ1) is 17.7. The van der Waals surface area contributed by atoms with Crippen LogP contribution < -0.4 is 5.32 Å². The summed E-state index contributed by atoms with van der Waals surface area (Å²) >= 11 is 0. The smallest absolute Gasteiger partial charge is 0.475 e. The number of aliphatic imine (C=N–C) groups is 1. The van der Waals surface area contributed by atoms with Crippen LogP contribution in [0.5, 0.6) is 0 Å². The molecule has 1 aliphatic heterocycles. The van der Waals surface area contributed by atoms with Crippen LogP contribution in [0.1, 0.15) is 24.0 Å². The topological polar surface area (TPSA) is 137 Å². The number of halogens is 3. The second kappa shape index (κ2) is 13.4. The zero-order chi connectivity index (χ0) is 28.5. The summed E-state index contributed by atoms with van der Waals surface area (Å²) in [6, 6.07) is 8.22. The summed E-state index contributed by atoms with van der Waals surface area (Å²) in [6.45, 7) is 2.57. The number of carboxylic acids is 1. The first kappa shape index (κ1) is 30.8. The highest BCUT2D eigenvalue weighted by Gasteiger charge is 2.38. The van der Waals surface area contributed by atoms with Gasteiger partial charge in [-0.3, -0.25) is 9.79 Å². The minimum absolute atomic E-state index is 0.00441. The molecule has 1 aliphatic rings. The molecule has 2 heterocycles. The lowest BCUT2D eigenvalue weighted by molar-refractivity contribution is -0.192. The van der Waals surface area contributed by atoms with Gasteiger partial charge in [-0.05, 0) is 18.4 Å². The van der Waals surface area contributed by atoms with Gasteiger partial charge in [0.1, 0.15) is 5.84 Å². The SMILES string of the molecule is CN(CCc1ccc(C2=NCCN2)cc1)C(=O)CCCN(C)S(=O)(=O)c1cn(C)cn1.O=C(O)C(F)(F)F. The molecule has 0 radical (unpaired) electrons. The fraction of sp³-hybridized carbons (Fsp3) is 0.478. The number of aryl methyl sites for hydroxylation is 1. The number of amides is 1. The van der Waals surface area contributed by atoms with E-state index in [9.17, 15) is 26.4 Å². The van der Waals surface area contributed by atoms with Crippen LogP contribution in [0.2, 0.25) is 0 Å². The van der Waals surface area contributed by atoms with Crippen LogP contribution in [-0.4, -0.2) is 96.4 Å². The Morgan fingerprint density at radius 1 is 1.16 bits per heavy atom. The average Bonchev–Trinajstić information content (AvgIpc) is 3.55. The third kappa shape index (κ3) is 9.13. The third-order valence-corrected chi connectivity index (χ3v) is 7.27. The van der Waals surface area contributed by atoms with E-state index < -0.39 is 22.2 Å². The number of hydrogen-bond acceptors (Lipinski definition) is 7. The van der Waals surface area contributed by atoms with Gasteiger partial charge in [0.05, 0.1) is 12.9 Å². The highest BCUT2D eigenvalue weighted by molar-refractivity contribution is 7.89. The van der Waals surface area contributed by atoms with Crippen LogP contribution in [0.3, 0.4) is 0 Å². The van der Waals surface area contributed by atoms with Gasteiger partial charge in [-0.2, -0.15) is 17.5 Å². The van der Waals surface area contributed by atoms with Crippen molar-refractivity contribution in [2.75, 3.05) is 40.3 Å². The molecule has 0 saturated carbocycles. The van der Waals surface area contributed by atoms with Crippen molar-refractivity contribution in [3.8, 4) is 0 Å². The zero-order valence-corrected chi connectivity index (χ0v) is 22.1. The second-order valence-electron chi connectivity index (χ2n) is 8.53. The van der Waals surface area contributed by atoms with Crippen molar-refractivity contribution in [3.05, 3.63) is 47.9 Å². The predicted octanol–water partition coefficient (Wildman–Crippen LogP) is 1.51. The molecule has 2 aromatic rings. The molecule has 11 nitrogen and oxygen atoms in total. The molecule has 1 amide bonds. The molecular formula is C23H31F3N6O5S. The molecule has 38 heavy (non-hydrogen) atoms. The molecule has 1 aromatic heterocycles. The molecule has 0 fully saturated rings. The summed E-state index contributed by atoms with van der Waals surface area (Å²) in [5.41, 5.74) is 2.23. The van der Waals surface area contributed by atoms with Gasteiger partial charge in [0, 0.05) is 59.0 Å².